The van der Waals surface area contributed by atoms with Gasteiger partial charge in [-0.25, -0.2) is 14.4 Å². The third-order valence-corrected chi connectivity index (χ3v) is 3.02. The zero-order chi connectivity index (χ0) is 22.1. The average Bonchev–Trinajstić information content (AvgIpc) is 2.68. The predicted octanol–water partition coefficient (Wildman–Crippen LogP) is -1.18. The van der Waals surface area contributed by atoms with Crippen molar-refractivity contribution in [1.29, 1.82) is 0 Å². The maximum Gasteiger partial charge on any atom is 0.414 e. The molecule has 0 bridgehead atoms. The maximum atomic E-state index is 11.3. The summed E-state index contributed by atoms with van der Waals surface area (Å²) in [5, 5.41) is 42.0. The van der Waals surface area contributed by atoms with E-state index in [0.717, 1.165) is 0 Å². The number of carboxylic acids is 2. The van der Waals surface area contributed by atoms with Gasteiger partial charge in [0.25, 0.3) is 0 Å². The van der Waals surface area contributed by atoms with Crippen LogP contribution >= 0.6 is 0 Å². The Morgan fingerprint density at radius 2 is 1.59 bits per heavy atom. The molecule has 0 radical (unpaired) electrons. The molecule has 0 aliphatic heterocycles. The molecule has 0 aliphatic carbocycles. The number of methoxy groups -OCH3 is 1. The van der Waals surface area contributed by atoms with Gasteiger partial charge in [-0.3, -0.25) is 0 Å². The molecule has 164 valence electrons. The molecule has 0 heterocycles. The van der Waals surface area contributed by atoms with E-state index in [2.05, 4.69) is 16.0 Å². The fraction of sp³-hybridized carbons (Fsp3) is 0.471. The molecule has 1 unspecified atom stereocenters. The lowest BCUT2D eigenvalue weighted by Gasteiger charge is -2.13. The van der Waals surface area contributed by atoms with E-state index in [9.17, 15) is 9.90 Å². The molecule has 0 fully saturated rings. The lowest BCUT2D eigenvalue weighted by atomic mass is 10.3. The van der Waals surface area contributed by atoms with Crippen molar-refractivity contribution in [3.63, 3.8) is 0 Å². The number of benzene rings is 1. The van der Waals surface area contributed by atoms with Crippen LogP contribution in [-0.2, 0) is 14.3 Å². The number of aromatic hydroxyl groups is 1. The Balaban J connectivity index is 0.00000113. The number of hydrogen-bond donors (Lipinski definition) is 7. The Morgan fingerprint density at radius 3 is 2.14 bits per heavy atom. The topological polar surface area (TPSA) is 187 Å². The molecule has 0 saturated heterocycles. The van der Waals surface area contributed by atoms with Crippen LogP contribution in [0.1, 0.15) is 0 Å². The highest BCUT2D eigenvalue weighted by Gasteiger charge is 2.05. The van der Waals surface area contributed by atoms with Crippen molar-refractivity contribution in [3.8, 4) is 11.5 Å². The smallest absolute Gasteiger partial charge is 0.414 e. The number of phenols is 1. The first-order valence-electron chi connectivity index (χ1n) is 8.53. The number of hydrogen-bond acceptors (Lipinski definition) is 8. The van der Waals surface area contributed by atoms with Crippen LogP contribution in [0.15, 0.2) is 24.3 Å². The molecule has 0 aliphatic rings. The number of rotatable bonds is 11. The van der Waals surface area contributed by atoms with Gasteiger partial charge in [0, 0.05) is 33.3 Å². The van der Waals surface area contributed by atoms with Crippen LogP contribution in [0.3, 0.4) is 0 Å². The minimum atomic E-state index is -1.82. The molecule has 29 heavy (non-hydrogen) atoms. The zero-order valence-corrected chi connectivity index (χ0v) is 16.0. The van der Waals surface area contributed by atoms with Crippen LogP contribution in [-0.4, -0.2) is 91.0 Å². The Bertz CT molecular complexity index is 599. The molecule has 1 aromatic carbocycles. The number of aliphatic carboxylic acids is 2. The van der Waals surface area contributed by atoms with Crippen LogP contribution in [0, 0.1) is 0 Å². The highest BCUT2D eigenvalue weighted by atomic mass is 16.5. The van der Waals surface area contributed by atoms with Crippen LogP contribution in [0.2, 0.25) is 0 Å². The fourth-order valence-corrected chi connectivity index (χ4v) is 1.66. The summed E-state index contributed by atoms with van der Waals surface area (Å²) >= 11 is 0. The van der Waals surface area contributed by atoms with Crippen molar-refractivity contribution in [2.75, 3.05) is 46.5 Å². The monoisotopic (exact) mass is 417 g/mol. The van der Waals surface area contributed by atoms with E-state index in [4.69, 9.17) is 34.4 Å². The predicted molar refractivity (Wildman–Crippen MR) is 101 cm³/mol. The van der Waals surface area contributed by atoms with Crippen molar-refractivity contribution < 1.29 is 44.3 Å². The molecule has 1 rings (SSSR count). The third kappa shape index (κ3) is 15.6. The molecular weight excluding hydrogens is 390 g/mol. The summed E-state index contributed by atoms with van der Waals surface area (Å²) in [6.07, 6.45) is -0.667. The molecule has 12 heteroatoms. The summed E-state index contributed by atoms with van der Waals surface area (Å²) in [6, 6.07) is 6.04. The number of urea groups is 1. The van der Waals surface area contributed by atoms with E-state index in [1.54, 1.807) is 19.2 Å². The number of nitrogens with one attached hydrogen (secondary N) is 3. The Morgan fingerprint density at radius 1 is 1.00 bits per heavy atom. The van der Waals surface area contributed by atoms with E-state index in [0.29, 0.717) is 38.5 Å². The number of aliphatic hydroxyl groups is 1. The molecule has 1 aromatic rings. The summed E-state index contributed by atoms with van der Waals surface area (Å²) in [7, 11) is 1.57. The molecule has 7 N–H and O–H groups in total. The quantitative estimate of drug-likeness (QED) is 0.171. The van der Waals surface area contributed by atoms with Gasteiger partial charge in [-0.05, 0) is 24.3 Å². The van der Waals surface area contributed by atoms with E-state index in [1.807, 2.05) is 0 Å². The number of phenolic OH excluding ortho intramolecular Hbond substituents is 1. The standard InChI is InChI=1S/C15H25N3O5.C2H2O4/c1-22-9-8-18-15(21)17-7-6-16-10-13(20)11-23-14-4-2-12(19)3-5-14;3-1(4)2(5)6/h2-5,13,16,19-20H,6-11H2,1H3,(H2,17,18,21);(H,3,4)(H,5,6). The maximum absolute atomic E-state index is 11.3. The van der Waals surface area contributed by atoms with Gasteiger partial charge in [0.1, 0.15) is 24.2 Å². The first kappa shape index (κ1) is 25.9. The van der Waals surface area contributed by atoms with Crippen molar-refractivity contribution >= 4 is 18.0 Å². The van der Waals surface area contributed by atoms with Crippen molar-refractivity contribution in [2.45, 2.75) is 6.10 Å². The lowest BCUT2D eigenvalue weighted by molar-refractivity contribution is -0.159. The second-order valence-corrected chi connectivity index (χ2v) is 5.45. The molecule has 2 amide bonds. The van der Waals surface area contributed by atoms with E-state index >= 15 is 0 Å². The molecule has 1 atom stereocenters. The van der Waals surface area contributed by atoms with Gasteiger partial charge in [0.15, 0.2) is 0 Å². The van der Waals surface area contributed by atoms with Gasteiger partial charge >= 0.3 is 18.0 Å². The highest BCUT2D eigenvalue weighted by Crippen LogP contribution is 2.15. The van der Waals surface area contributed by atoms with Crippen LogP contribution < -0.4 is 20.7 Å². The molecule has 0 spiro atoms. The van der Waals surface area contributed by atoms with Gasteiger partial charge in [-0.15, -0.1) is 0 Å². The summed E-state index contributed by atoms with van der Waals surface area (Å²) in [6.45, 7) is 2.41. The largest absolute Gasteiger partial charge is 0.508 e. The van der Waals surface area contributed by atoms with Crippen molar-refractivity contribution in [1.82, 2.24) is 16.0 Å². The lowest BCUT2D eigenvalue weighted by Crippen LogP contribution is -2.41. The number of aliphatic hydroxyl groups excluding tert-OH is 1. The van der Waals surface area contributed by atoms with E-state index in [-0.39, 0.29) is 18.4 Å². The van der Waals surface area contributed by atoms with Gasteiger partial charge in [-0.2, -0.15) is 0 Å². The van der Waals surface area contributed by atoms with Gasteiger partial charge < -0.3 is 45.9 Å². The summed E-state index contributed by atoms with van der Waals surface area (Å²) < 4.78 is 10.2. The molecular formula is C17H27N3O9. The minimum absolute atomic E-state index is 0.142. The fourth-order valence-electron chi connectivity index (χ4n) is 1.66. The number of amides is 2. The number of carbonyl (C=O) groups is 3. The van der Waals surface area contributed by atoms with Gasteiger partial charge in [-0.1, -0.05) is 0 Å². The molecule has 0 aromatic heterocycles. The summed E-state index contributed by atoms with van der Waals surface area (Å²) in [5.74, 6) is -2.90. The second kappa shape index (κ2) is 15.9. The van der Waals surface area contributed by atoms with Crippen LogP contribution in [0.4, 0.5) is 4.79 Å². The minimum Gasteiger partial charge on any atom is -0.508 e. The van der Waals surface area contributed by atoms with E-state index in [1.165, 1.54) is 12.1 Å². The highest BCUT2D eigenvalue weighted by molar-refractivity contribution is 6.27. The summed E-state index contributed by atoms with van der Waals surface area (Å²) in [4.78, 5) is 29.5. The van der Waals surface area contributed by atoms with Crippen molar-refractivity contribution in [2.24, 2.45) is 0 Å². The number of carboxylic acid groups (broad SMARTS) is 2. The first-order valence-corrected chi connectivity index (χ1v) is 8.53. The normalized spacial score (nSPS) is 10.8. The van der Waals surface area contributed by atoms with Crippen LogP contribution in [0.25, 0.3) is 0 Å². The average molecular weight is 417 g/mol. The first-order chi connectivity index (χ1) is 13.8. The van der Waals surface area contributed by atoms with Gasteiger partial charge in [0.2, 0.25) is 0 Å². The Kier molecular flexibility index (Phi) is 14.2. The second-order valence-electron chi connectivity index (χ2n) is 5.45. The van der Waals surface area contributed by atoms with Gasteiger partial charge in [0.05, 0.1) is 6.61 Å². The number of ether oxygens (including phenoxy) is 2. The Labute approximate surface area is 167 Å². The molecule has 0 saturated carbocycles. The number of carbonyl (C=O) groups excluding carboxylic acids is 1. The van der Waals surface area contributed by atoms with Crippen LogP contribution in [0.5, 0.6) is 11.5 Å². The van der Waals surface area contributed by atoms with Crippen molar-refractivity contribution in [3.05, 3.63) is 24.3 Å². The van der Waals surface area contributed by atoms with E-state index < -0.39 is 18.0 Å². The Hall–Kier alpha value is -3.09. The summed E-state index contributed by atoms with van der Waals surface area (Å²) in [5.41, 5.74) is 0. The third-order valence-electron chi connectivity index (χ3n) is 3.02. The SMILES string of the molecule is COCCNC(=O)NCCNCC(O)COc1ccc(O)cc1.O=C(O)C(=O)O. The zero-order valence-electron chi connectivity index (χ0n) is 16.0. The molecule has 12 nitrogen and oxygen atoms in total.